The first-order chi connectivity index (χ1) is 12.5. The van der Waals surface area contributed by atoms with Gasteiger partial charge in [0.25, 0.3) is 5.24 Å². The molecule has 2 aromatic rings. The van der Waals surface area contributed by atoms with E-state index in [1.165, 1.54) is 16.7 Å². The monoisotopic (exact) mass is 379 g/mol. The molecule has 26 heavy (non-hydrogen) atoms. The number of fused-ring (bicyclic) bond motifs is 1. The molecule has 0 radical (unpaired) electrons. The van der Waals surface area contributed by atoms with Gasteiger partial charge < -0.3 is 14.2 Å². The lowest BCUT2D eigenvalue weighted by molar-refractivity contribution is -0.00543. The molecule has 0 bridgehead atoms. The number of carbonyl (C=O) groups excluding carboxylic acids is 2. The molecule has 0 N–H and O–H groups in total. The quantitative estimate of drug-likeness (QED) is 0.759. The molecule has 1 amide bonds. The summed E-state index contributed by atoms with van der Waals surface area (Å²) >= 11 is 1.17. The van der Waals surface area contributed by atoms with E-state index in [0.717, 1.165) is 0 Å². The molecule has 2 fully saturated rings. The number of carbonyl (C=O) groups is 2. The van der Waals surface area contributed by atoms with Crippen molar-refractivity contribution in [3.8, 4) is 0 Å². The zero-order valence-electron chi connectivity index (χ0n) is 14.4. The average molecular weight is 379 g/mol. The lowest BCUT2D eigenvalue weighted by atomic mass is 10.1. The van der Waals surface area contributed by atoms with Crippen molar-refractivity contribution in [1.29, 1.82) is 0 Å². The van der Waals surface area contributed by atoms with Gasteiger partial charge in [-0.1, -0.05) is 16.9 Å². The van der Waals surface area contributed by atoms with Crippen molar-refractivity contribution in [2.45, 2.75) is 26.1 Å². The van der Waals surface area contributed by atoms with Crippen LogP contribution in [-0.4, -0.2) is 54.3 Å². The predicted molar refractivity (Wildman–Crippen MR) is 96.8 cm³/mol. The fraction of sp³-hybridized carbons (Fsp3) is 0.471. The van der Waals surface area contributed by atoms with Gasteiger partial charge in [-0.3, -0.25) is 14.5 Å². The van der Waals surface area contributed by atoms with Gasteiger partial charge in [0.05, 0.1) is 23.3 Å². The molecule has 0 aliphatic carbocycles. The van der Waals surface area contributed by atoms with Crippen molar-refractivity contribution in [2.75, 3.05) is 35.2 Å². The molecule has 7 nitrogen and oxygen atoms in total. The molecule has 2 aliphatic rings. The van der Waals surface area contributed by atoms with Crippen LogP contribution >= 0.6 is 11.8 Å². The molecule has 4 rings (SSSR count). The number of rotatable bonds is 3. The molecule has 1 aromatic heterocycles. The smallest absolute Gasteiger partial charge is 0.287 e. The van der Waals surface area contributed by atoms with E-state index in [0.29, 0.717) is 37.1 Å². The van der Waals surface area contributed by atoms with Crippen molar-refractivity contribution < 1.29 is 23.2 Å². The minimum Gasteiger partial charge on any atom is -0.372 e. The van der Waals surface area contributed by atoms with Gasteiger partial charge in [-0.25, -0.2) is 4.39 Å². The van der Waals surface area contributed by atoms with Gasteiger partial charge >= 0.3 is 0 Å². The third-order valence-electron chi connectivity index (χ3n) is 4.57. The first-order valence-corrected chi connectivity index (χ1v) is 9.40. The van der Waals surface area contributed by atoms with Gasteiger partial charge in [-0.05, 0) is 19.9 Å². The minimum atomic E-state index is -0.635. The molecule has 0 saturated carbocycles. The Balaban J connectivity index is 1.84. The number of benzene rings is 1. The predicted octanol–water partition coefficient (Wildman–Crippen LogP) is 3.07. The van der Waals surface area contributed by atoms with Crippen LogP contribution in [0.1, 0.15) is 24.2 Å². The van der Waals surface area contributed by atoms with Crippen LogP contribution in [0, 0.1) is 5.82 Å². The summed E-state index contributed by atoms with van der Waals surface area (Å²) in [4.78, 5) is 26.9. The maximum absolute atomic E-state index is 15.3. The number of aromatic nitrogens is 1. The van der Waals surface area contributed by atoms with Crippen LogP contribution in [0.3, 0.4) is 0 Å². The zero-order valence-corrected chi connectivity index (χ0v) is 15.2. The fourth-order valence-corrected chi connectivity index (χ4v) is 4.37. The Labute approximate surface area is 153 Å². The Bertz CT molecular complexity index is 877. The third kappa shape index (κ3) is 2.75. The van der Waals surface area contributed by atoms with Gasteiger partial charge in [0, 0.05) is 31.0 Å². The number of morpholine rings is 1. The van der Waals surface area contributed by atoms with Crippen molar-refractivity contribution >= 4 is 45.8 Å². The number of hydrogen-bond acceptors (Lipinski definition) is 7. The van der Waals surface area contributed by atoms with E-state index < -0.39 is 5.82 Å². The molecular weight excluding hydrogens is 361 g/mol. The highest BCUT2D eigenvalue weighted by atomic mass is 32.2. The Morgan fingerprint density at radius 2 is 2.08 bits per heavy atom. The summed E-state index contributed by atoms with van der Waals surface area (Å²) in [6.45, 7) is 5.22. The molecule has 1 aromatic carbocycles. The van der Waals surface area contributed by atoms with E-state index >= 15 is 4.39 Å². The number of amides is 1. The van der Waals surface area contributed by atoms with E-state index in [2.05, 4.69) is 5.16 Å². The summed E-state index contributed by atoms with van der Waals surface area (Å²) in [5.41, 5.74) is 0.358. The van der Waals surface area contributed by atoms with E-state index in [9.17, 15) is 9.59 Å². The Kier molecular flexibility index (Phi) is 4.36. The van der Waals surface area contributed by atoms with Crippen molar-refractivity contribution in [2.24, 2.45) is 0 Å². The van der Waals surface area contributed by atoms with Gasteiger partial charge in [0.2, 0.25) is 5.58 Å². The van der Waals surface area contributed by atoms with E-state index in [4.69, 9.17) is 9.26 Å². The second-order valence-electron chi connectivity index (χ2n) is 6.56. The van der Waals surface area contributed by atoms with Gasteiger partial charge in [0.15, 0.2) is 17.9 Å². The van der Waals surface area contributed by atoms with Crippen LogP contribution in [0.25, 0.3) is 11.0 Å². The van der Waals surface area contributed by atoms with Crippen LogP contribution in [0.4, 0.5) is 20.7 Å². The molecule has 2 saturated heterocycles. The van der Waals surface area contributed by atoms with Crippen LogP contribution in [0.15, 0.2) is 10.6 Å². The average Bonchev–Trinajstić information content (AvgIpc) is 3.19. The maximum atomic E-state index is 15.3. The first-order valence-electron chi connectivity index (χ1n) is 8.41. The molecular formula is C17H18FN3O4S. The van der Waals surface area contributed by atoms with Crippen LogP contribution in [0.5, 0.6) is 0 Å². The summed E-state index contributed by atoms with van der Waals surface area (Å²) in [5.74, 6) is 0.258. The lowest BCUT2D eigenvalue weighted by Gasteiger charge is -2.37. The van der Waals surface area contributed by atoms with Gasteiger partial charge in [0.1, 0.15) is 0 Å². The van der Waals surface area contributed by atoms with E-state index in [1.807, 2.05) is 13.8 Å². The lowest BCUT2D eigenvalue weighted by Crippen LogP contribution is -2.46. The second kappa shape index (κ2) is 6.55. The van der Waals surface area contributed by atoms with Crippen molar-refractivity contribution in [3.63, 3.8) is 0 Å². The number of nitrogens with zero attached hydrogens (tertiary/aromatic N) is 3. The molecule has 138 valence electrons. The molecule has 0 spiro atoms. The number of anilines is 2. The summed E-state index contributed by atoms with van der Waals surface area (Å²) in [6, 6.07) is 1.55. The van der Waals surface area contributed by atoms with E-state index in [1.54, 1.807) is 11.0 Å². The zero-order chi connectivity index (χ0) is 18.4. The molecule has 3 heterocycles. The highest BCUT2D eigenvalue weighted by Gasteiger charge is 2.32. The van der Waals surface area contributed by atoms with Gasteiger partial charge in [-0.2, -0.15) is 0 Å². The number of halogens is 1. The second-order valence-corrected chi connectivity index (χ2v) is 7.60. The first kappa shape index (κ1) is 17.3. The topological polar surface area (TPSA) is 75.9 Å². The van der Waals surface area contributed by atoms with Crippen LogP contribution in [-0.2, 0) is 4.74 Å². The van der Waals surface area contributed by atoms with Crippen LogP contribution in [0.2, 0.25) is 0 Å². The Morgan fingerprint density at radius 1 is 1.35 bits per heavy atom. The third-order valence-corrected chi connectivity index (χ3v) is 5.42. The molecule has 9 heteroatoms. The SMILES string of the molecule is CC1CN(c2c(C=O)cc3c(N4CCSC4=O)noc3c2F)C[C@@H](C)O1. The molecule has 1 unspecified atom stereocenters. The van der Waals surface area contributed by atoms with Crippen molar-refractivity contribution in [3.05, 3.63) is 17.4 Å². The largest absolute Gasteiger partial charge is 0.372 e. The van der Waals surface area contributed by atoms with Crippen molar-refractivity contribution in [1.82, 2.24) is 5.16 Å². The summed E-state index contributed by atoms with van der Waals surface area (Å²) < 4.78 is 26.2. The Morgan fingerprint density at radius 3 is 2.69 bits per heavy atom. The molecule has 2 aliphatic heterocycles. The highest BCUT2D eigenvalue weighted by molar-refractivity contribution is 8.14. The normalized spacial score (nSPS) is 23.9. The summed E-state index contributed by atoms with van der Waals surface area (Å²) in [6.07, 6.45) is 0.454. The maximum Gasteiger partial charge on any atom is 0.287 e. The fourth-order valence-electron chi connectivity index (χ4n) is 3.59. The molecule has 2 atom stereocenters. The number of aldehydes is 1. The number of hydrogen-bond donors (Lipinski definition) is 0. The minimum absolute atomic E-state index is 0.0444. The Hall–Kier alpha value is -2.13. The summed E-state index contributed by atoms with van der Waals surface area (Å²) in [7, 11) is 0. The van der Waals surface area contributed by atoms with Crippen LogP contribution < -0.4 is 9.80 Å². The number of thioether (sulfide) groups is 1. The van der Waals surface area contributed by atoms with E-state index in [-0.39, 0.29) is 40.1 Å². The van der Waals surface area contributed by atoms with Gasteiger partial charge in [-0.15, -0.1) is 0 Å². The summed E-state index contributed by atoms with van der Waals surface area (Å²) in [5, 5.41) is 4.07. The highest BCUT2D eigenvalue weighted by Crippen LogP contribution is 2.38. The number of ether oxygens (including phenoxy) is 1. The standard InChI is InChI=1S/C17H18FN3O4S/c1-9-6-20(7-10(2)24-9)14-11(8-22)5-12-15(13(14)18)25-19-16(12)21-3-4-26-17(21)23/h5,8-10H,3-4,6-7H2,1-2H3/t9-,10?/m1/s1.